The van der Waals surface area contributed by atoms with E-state index in [2.05, 4.69) is 10.1 Å². The third-order valence-corrected chi connectivity index (χ3v) is 3.52. The van der Waals surface area contributed by atoms with Crippen LogP contribution in [0.25, 0.3) is 0 Å². The van der Waals surface area contributed by atoms with E-state index in [1.54, 1.807) is 5.32 Å². The number of rotatable bonds is 5. The van der Waals surface area contributed by atoms with Gasteiger partial charge in [0.1, 0.15) is 22.9 Å². The number of ether oxygens (including phenoxy) is 1. The Hall–Kier alpha value is -2.52. The minimum atomic E-state index is -3.89. The average molecular weight is 425 g/mol. The first-order valence-electron chi connectivity index (χ1n) is 7.11. The molecule has 2 rings (SSSR count). The summed E-state index contributed by atoms with van der Waals surface area (Å²) in [5.41, 5.74) is -0.997. The van der Waals surface area contributed by atoms with E-state index >= 15 is 0 Å². The summed E-state index contributed by atoms with van der Waals surface area (Å²) in [7, 11) is 0. The van der Waals surface area contributed by atoms with Crippen LogP contribution in [0.2, 0.25) is 0 Å². The van der Waals surface area contributed by atoms with Gasteiger partial charge in [0.2, 0.25) is 4.84 Å². The molecule has 0 heterocycles. The molecule has 0 unspecified atom stereocenters. The van der Waals surface area contributed by atoms with Gasteiger partial charge in [-0.3, -0.25) is 10.1 Å². The highest BCUT2D eigenvalue weighted by Crippen LogP contribution is 2.31. The summed E-state index contributed by atoms with van der Waals surface area (Å²) in [5, 5.41) is 3.84. The van der Waals surface area contributed by atoms with Gasteiger partial charge in [0, 0.05) is 11.8 Å². The molecule has 0 saturated carbocycles. The summed E-state index contributed by atoms with van der Waals surface area (Å²) in [5.74, 6) is -4.02. The summed E-state index contributed by atoms with van der Waals surface area (Å²) in [6, 6.07) is 6.28. The molecule has 11 heteroatoms. The van der Waals surface area contributed by atoms with Crippen LogP contribution in [0.4, 0.5) is 28.0 Å². The number of halogens is 6. The molecule has 0 fully saturated rings. The summed E-state index contributed by atoms with van der Waals surface area (Å²) in [6.07, 6.45) is -3.89. The molecule has 27 heavy (non-hydrogen) atoms. The highest BCUT2D eigenvalue weighted by molar-refractivity contribution is 6.44. The largest absolute Gasteiger partial charge is 0.430 e. The molecule has 2 N–H and O–H groups in total. The quantitative estimate of drug-likeness (QED) is 0.539. The van der Waals surface area contributed by atoms with Crippen molar-refractivity contribution in [2.45, 2.75) is 10.9 Å². The van der Waals surface area contributed by atoms with Gasteiger partial charge in [0.15, 0.2) is 0 Å². The second-order valence-corrected chi connectivity index (χ2v) is 6.09. The van der Waals surface area contributed by atoms with Crippen LogP contribution in [-0.2, 0) is 0 Å². The van der Waals surface area contributed by atoms with E-state index in [9.17, 15) is 27.2 Å². The van der Waals surface area contributed by atoms with Crippen molar-refractivity contribution in [1.82, 2.24) is 5.32 Å². The number of anilines is 1. The summed E-state index contributed by atoms with van der Waals surface area (Å²) in [4.78, 5) is 21.5. The van der Waals surface area contributed by atoms with Gasteiger partial charge in [-0.05, 0) is 24.3 Å². The molecule has 0 aliphatic carbocycles. The number of carbonyl (C=O) groups excluding carboxylic acids is 2. The number of amides is 3. The number of urea groups is 1. The third kappa shape index (κ3) is 5.48. The fourth-order valence-electron chi connectivity index (χ4n) is 1.88. The van der Waals surface area contributed by atoms with Gasteiger partial charge in [-0.15, -0.1) is 0 Å². The maximum atomic E-state index is 13.5. The standard InChI is InChI=1S/C16H10Cl2F4N2O3/c17-14(18)16(21,22)27-9-4-1-3-8(7-9)23-15(26)24-13(25)12-10(19)5-2-6-11(12)20/h1-7,14H,(H2,23,24,25,26). The Morgan fingerprint density at radius 3 is 2.22 bits per heavy atom. The topological polar surface area (TPSA) is 67.4 Å². The van der Waals surface area contributed by atoms with Crippen LogP contribution in [0.3, 0.4) is 0 Å². The molecule has 0 radical (unpaired) electrons. The van der Waals surface area contributed by atoms with Crippen LogP contribution in [-0.4, -0.2) is 22.9 Å². The van der Waals surface area contributed by atoms with Crippen molar-refractivity contribution in [2.24, 2.45) is 0 Å². The zero-order valence-electron chi connectivity index (χ0n) is 13.1. The fraction of sp³-hybridized carbons (Fsp3) is 0.125. The minimum Gasteiger partial charge on any atom is -0.430 e. The lowest BCUT2D eigenvalue weighted by Gasteiger charge is -2.19. The van der Waals surface area contributed by atoms with E-state index < -0.39 is 40.1 Å². The van der Waals surface area contributed by atoms with Crippen LogP contribution in [0.15, 0.2) is 42.5 Å². The zero-order chi connectivity index (χ0) is 20.2. The third-order valence-electron chi connectivity index (χ3n) is 3.02. The fourth-order valence-corrected chi connectivity index (χ4v) is 1.97. The zero-order valence-corrected chi connectivity index (χ0v) is 14.6. The Labute approximate surface area is 160 Å². The highest BCUT2D eigenvalue weighted by Gasteiger charge is 2.40. The van der Waals surface area contributed by atoms with Gasteiger partial charge in [-0.1, -0.05) is 35.3 Å². The molecule has 5 nitrogen and oxygen atoms in total. The Balaban J connectivity index is 2.06. The van der Waals surface area contributed by atoms with Gasteiger partial charge >= 0.3 is 12.1 Å². The molecule has 0 aliphatic heterocycles. The van der Waals surface area contributed by atoms with Crippen molar-refractivity contribution in [3.05, 3.63) is 59.7 Å². The summed E-state index contributed by atoms with van der Waals surface area (Å²) >= 11 is 10.2. The normalized spacial score (nSPS) is 11.2. The summed E-state index contributed by atoms with van der Waals surface area (Å²) < 4.78 is 58.1. The predicted octanol–water partition coefficient (Wildman–Crippen LogP) is 4.70. The molecule has 3 amide bonds. The molecule has 2 aromatic carbocycles. The summed E-state index contributed by atoms with van der Waals surface area (Å²) in [6.45, 7) is 0. The average Bonchev–Trinajstić information content (AvgIpc) is 2.54. The molecule has 144 valence electrons. The lowest BCUT2D eigenvalue weighted by Crippen LogP contribution is -2.35. The van der Waals surface area contributed by atoms with Gasteiger partial charge in [-0.25, -0.2) is 13.6 Å². The first kappa shape index (κ1) is 20.8. The molecule has 0 saturated heterocycles. The Morgan fingerprint density at radius 2 is 1.63 bits per heavy atom. The molecule has 0 aromatic heterocycles. The number of nitrogens with one attached hydrogen (secondary N) is 2. The van der Waals surface area contributed by atoms with E-state index in [1.807, 2.05) is 0 Å². The Bertz CT molecular complexity index is 845. The Morgan fingerprint density at radius 1 is 1.04 bits per heavy atom. The number of benzene rings is 2. The SMILES string of the molecule is O=C(NC(=O)c1c(F)cccc1F)Nc1cccc(OC(F)(F)C(Cl)Cl)c1. The van der Waals surface area contributed by atoms with Crippen LogP contribution >= 0.6 is 23.2 Å². The monoisotopic (exact) mass is 424 g/mol. The number of imide groups is 1. The lowest BCUT2D eigenvalue weighted by atomic mass is 10.2. The van der Waals surface area contributed by atoms with E-state index in [4.69, 9.17) is 23.2 Å². The smallest absolute Gasteiger partial charge is 0.428 e. The van der Waals surface area contributed by atoms with E-state index in [0.717, 1.165) is 30.3 Å². The van der Waals surface area contributed by atoms with Crippen molar-refractivity contribution in [3.8, 4) is 5.75 Å². The maximum Gasteiger partial charge on any atom is 0.428 e. The van der Waals surface area contributed by atoms with E-state index in [-0.39, 0.29) is 11.4 Å². The number of alkyl halides is 4. The predicted molar refractivity (Wildman–Crippen MR) is 90.4 cm³/mol. The second kappa shape index (κ2) is 8.45. The van der Waals surface area contributed by atoms with Crippen LogP contribution in [0, 0.1) is 11.6 Å². The first-order chi connectivity index (χ1) is 12.6. The van der Waals surface area contributed by atoms with Gasteiger partial charge in [0.25, 0.3) is 5.91 Å². The molecule has 0 bridgehead atoms. The van der Waals surface area contributed by atoms with Gasteiger partial charge in [0.05, 0.1) is 0 Å². The van der Waals surface area contributed by atoms with E-state index in [1.165, 1.54) is 12.1 Å². The number of hydrogen-bond acceptors (Lipinski definition) is 3. The Kier molecular flexibility index (Phi) is 6.50. The number of hydrogen-bond donors (Lipinski definition) is 2. The second-order valence-electron chi connectivity index (χ2n) is 5.00. The number of carbonyl (C=O) groups is 2. The van der Waals surface area contributed by atoms with Crippen molar-refractivity contribution in [3.63, 3.8) is 0 Å². The van der Waals surface area contributed by atoms with Crippen molar-refractivity contribution in [2.75, 3.05) is 5.32 Å². The van der Waals surface area contributed by atoms with Crippen molar-refractivity contribution in [1.29, 1.82) is 0 Å². The van der Waals surface area contributed by atoms with Gasteiger partial charge < -0.3 is 10.1 Å². The minimum absolute atomic E-state index is 0.0525. The molecule has 0 spiro atoms. The van der Waals surface area contributed by atoms with Crippen LogP contribution in [0.1, 0.15) is 10.4 Å². The first-order valence-corrected chi connectivity index (χ1v) is 7.99. The molecular formula is C16H10Cl2F4N2O3. The van der Waals surface area contributed by atoms with Gasteiger partial charge in [-0.2, -0.15) is 8.78 Å². The van der Waals surface area contributed by atoms with E-state index in [0.29, 0.717) is 0 Å². The molecule has 2 aromatic rings. The van der Waals surface area contributed by atoms with Crippen molar-refractivity contribution < 1.29 is 31.9 Å². The molecule has 0 atom stereocenters. The molecule has 0 aliphatic rings. The molecular weight excluding hydrogens is 415 g/mol. The van der Waals surface area contributed by atoms with Crippen LogP contribution in [0.5, 0.6) is 5.75 Å². The highest BCUT2D eigenvalue weighted by atomic mass is 35.5. The van der Waals surface area contributed by atoms with Crippen molar-refractivity contribution >= 4 is 40.8 Å². The lowest BCUT2D eigenvalue weighted by molar-refractivity contribution is -0.163. The maximum absolute atomic E-state index is 13.5. The van der Waals surface area contributed by atoms with Crippen LogP contribution < -0.4 is 15.4 Å².